The molecule has 0 radical (unpaired) electrons. The third kappa shape index (κ3) is 3.16. The summed E-state index contributed by atoms with van der Waals surface area (Å²) in [5, 5.41) is 7.94. The van der Waals surface area contributed by atoms with Crippen LogP contribution in [0.25, 0.3) is 0 Å². The predicted octanol–water partition coefficient (Wildman–Crippen LogP) is 2.89. The minimum absolute atomic E-state index is 0.411. The Morgan fingerprint density at radius 2 is 2.42 bits per heavy atom. The number of hydrogen-bond donors (Lipinski definition) is 1. The van der Waals surface area contributed by atoms with Gasteiger partial charge in [0.25, 0.3) is 0 Å². The molecule has 3 rings (SSSR count). The largest absolute Gasteiger partial charge is 0.379 e. The Balaban J connectivity index is 1.67. The first-order chi connectivity index (χ1) is 9.31. The zero-order chi connectivity index (χ0) is 13.1. The lowest BCUT2D eigenvalue weighted by molar-refractivity contribution is 0.0874. The molecule has 1 aliphatic heterocycles. The van der Waals surface area contributed by atoms with Gasteiger partial charge in [0.05, 0.1) is 25.4 Å². The van der Waals surface area contributed by atoms with Gasteiger partial charge in [-0.25, -0.2) is 4.68 Å². The van der Waals surface area contributed by atoms with Gasteiger partial charge in [0, 0.05) is 22.4 Å². The maximum Gasteiger partial charge on any atom is 0.124 e. The number of rotatable bonds is 4. The fraction of sp³-hybridized carbons (Fsp3) is 0.500. The van der Waals surface area contributed by atoms with Crippen molar-refractivity contribution in [1.82, 2.24) is 9.78 Å². The van der Waals surface area contributed by atoms with Gasteiger partial charge < -0.3 is 10.1 Å². The van der Waals surface area contributed by atoms with Crippen LogP contribution in [0, 0.1) is 6.92 Å². The summed E-state index contributed by atoms with van der Waals surface area (Å²) in [6, 6.07) is 6.78. The second-order valence-corrected chi connectivity index (χ2v) is 6.32. The Bertz CT molecular complexity index is 528. The molecule has 2 aromatic heterocycles. The van der Waals surface area contributed by atoms with E-state index in [0.717, 1.165) is 32.0 Å². The Kier molecular flexibility index (Phi) is 3.84. The molecule has 1 N–H and O–H groups in total. The first-order valence-electron chi connectivity index (χ1n) is 6.73. The van der Waals surface area contributed by atoms with E-state index in [0.29, 0.717) is 6.04 Å². The standard InChI is InChI=1S/C14H19N3OS/c1-11-4-5-13(19-11)9-17-14(6-7-15-17)16-12-3-2-8-18-10-12/h4-7,12,16H,2-3,8-10H2,1H3. The lowest BCUT2D eigenvalue weighted by Gasteiger charge is -2.24. The topological polar surface area (TPSA) is 39.1 Å². The molecule has 1 unspecified atom stereocenters. The molecule has 0 bridgehead atoms. The Morgan fingerprint density at radius 1 is 1.47 bits per heavy atom. The monoisotopic (exact) mass is 277 g/mol. The van der Waals surface area contributed by atoms with Crippen LogP contribution in [0.15, 0.2) is 24.4 Å². The molecule has 102 valence electrons. The van der Waals surface area contributed by atoms with Crippen molar-refractivity contribution < 1.29 is 4.74 Å². The molecular weight excluding hydrogens is 258 g/mol. The normalized spacial score (nSPS) is 19.5. The zero-order valence-electron chi connectivity index (χ0n) is 11.1. The molecule has 1 saturated heterocycles. The number of aromatic nitrogens is 2. The molecule has 3 heterocycles. The molecule has 2 aromatic rings. The van der Waals surface area contributed by atoms with Gasteiger partial charge in [0.2, 0.25) is 0 Å². The van der Waals surface area contributed by atoms with E-state index in [1.165, 1.54) is 16.2 Å². The smallest absolute Gasteiger partial charge is 0.124 e. The van der Waals surface area contributed by atoms with Crippen molar-refractivity contribution in [2.45, 2.75) is 32.4 Å². The SMILES string of the molecule is Cc1ccc(Cn2nccc2NC2CCCOC2)s1. The molecular formula is C14H19N3OS. The van der Waals surface area contributed by atoms with Gasteiger partial charge in [0.1, 0.15) is 5.82 Å². The molecule has 5 heteroatoms. The number of nitrogens with one attached hydrogen (secondary N) is 1. The van der Waals surface area contributed by atoms with Crippen molar-refractivity contribution in [3.63, 3.8) is 0 Å². The van der Waals surface area contributed by atoms with Gasteiger partial charge in [-0.15, -0.1) is 11.3 Å². The first kappa shape index (κ1) is 12.7. The van der Waals surface area contributed by atoms with Crippen LogP contribution in [0.5, 0.6) is 0 Å². The highest BCUT2D eigenvalue weighted by molar-refractivity contribution is 7.11. The summed E-state index contributed by atoms with van der Waals surface area (Å²) in [6.07, 6.45) is 4.16. The minimum Gasteiger partial charge on any atom is -0.379 e. The van der Waals surface area contributed by atoms with Gasteiger partial charge >= 0.3 is 0 Å². The van der Waals surface area contributed by atoms with Crippen LogP contribution in [0.2, 0.25) is 0 Å². The molecule has 1 aliphatic rings. The van der Waals surface area contributed by atoms with Crippen LogP contribution in [-0.4, -0.2) is 29.0 Å². The molecule has 0 aliphatic carbocycles. The van der Waals surface area contributed by atoms with Crippen LogP contribution in [0.4, 0.5) is 5.82 Å². The van der Waals surface area contributed by atoms with Crippen LogP contribution < -0.4 is 5.32 Å². The molecule has 19 heavy (non-hydrogen) atoms. The quantitative estimate of drug-likeness (QED) is 0.934. The molecule has 1 fully saturated rings. The summed E-state index contributed by atoms with van der Waals surface area (Å²) in [7, 11) is 0. The van der Waals surface area contributed by atoms with E-state index in [-0.39, 0.29) is 0 Å². The number of nitrogens with zero attached hydrogens (tertiary/aromatic N) is 2. The minimum atomic E-state index is 0.411. The fourth-order valence-electron chi connectivity index (χ4n) is 2.36. The number of thiophene rings is 1. The third-order valence-electron chi connectivity index (χ3n) is 3.33. The average molecular weight is 277 g/mol. The van der Waals surface area contributed by atoms with Crippen LogP contribution in [0.1, 0.15) is 22.6 Å². The van der Waals surface area contributed by atoms with Crippen LogP contribution in [-0.2, 0) is 11.3 Å². The fourth-order valence-corrected chi connectivity index (χ4v) is 3.24. The molecule has 0 spiro atoms. The third-order valence-corrected chi connectivity index (χ3v) is 4.32. The maximum atomic E-state index is 5.50. The average Bonchev–Trinajstić information content (AvgIpc) is 3.01. The predicted molar refractivity (Wildman–Crippen MR) is 77.8 cm³/mol. The lowest BCUT2D eigenvalue weighted by Crippen LogP contribution is -2.31. The van der Waals surface area contributed by atoms with Gasteiger partial charge in [-0.3, -0.25) is 0 Å². The van der Waals surface area contributed by atoms with E-state index in [1.54, 1.807) is 0 Å². The van der Waals surface area contributed by atoms with E-state index in [1.807, 2.05) is 28.3 Å². The summed E-state index contributed by atoms with van der Waals surface area (Å²) in [4.78, 5) is 2.68. The summed E-state index contributed by atoms with van der Waals surface area (Å²) >= 11 is 1.83. The van der Waals surface area contributed by atoms with Crippen molar-refractivity contribution in [2.75, 3.05) is 18.5 Å². The molecule has 1 atom stereocenters. The Hall–Kier alpha value is -1.33. The highest BCUT2D eigenvalue weighted by Crippen LogP contribution is 2.19. The van der Waals surface area contributed by atoms with Crippen LogP contribution >= 0.6 is 11.3 Å². The van der Waals surface area contributed by atoms with E-state index in [9.17, 15) is 0 Å². The number of hydrogen-bond acceptors (Lipinski definition) is 4. The van der Waals surface area contributed by atoms with Gasteiger partial charge in [-0.2, -0.15) is 5.10 Å². The Morgan fingerprint density at radius 3 is 3.16 bits per heavy atom. The zero-order valence-corrected chi connectivity index (χ0v) is 11.9. The molecule has 4 nitrogen and oxygen atoms in total. The molecule has 0 saturated carbocycles. The van der Waals surface area contributed by atoms with E-state index in [2.05, 4.69) is 29.5 Å². The van der Waals surface area contributed by atoms with E-state index in [4.69, 9.17) is 4.74 Å². The Labute approximate surface area is 117 Å². The lowest BCUT2D eigenvalue weighted by atomic mass is 10.1. The van der Waals surface area contributed by atoms with Crippen molar-refractivity contribution in [2.24, 2.45) is 0 Å². The summed E-state index contributed by atoms with van der Waals surface area (Å²) in [6.45, 7) is 4.66. The molecule has 0 aromatic carbocycles. The summed E-state index contributed by atoms with van der Waals surface area (Å²) in [5.74, 6) is 1.08. The second kappa shape index (κ2) is 5.75. The number of ether oxygens (including phenoxy) is 1. The summed E-state index contributed by atoms with van der Waals surface area (Å²) in [5.41, 5.74) is 0. The van der Waals surface area contributed by atoms with E-state index < -0.39 is 0 Å². The second-order valence-electron chi connectivity index (χ2n) is 4.94. The van der Waals surface area contributed by atoms with Crippen molar-refractivity contribution in [1.29, 1.82) is 0 Å². The number of anilines is 1. The van der Waals surface area contributed by atoms with Gasteiger partial charge in [-0.05, 0) is 31.9 Å². The number of aryl methyl sites for hydroxylation is 1. The van der Waals surface area contributed by atoms with E-state index >= 15 is 0 Å². The highest BCUT2D eigenvalue weighted by atomic mass is 32.1. The van der Waals surface area contributed by atoms with Gasteiger partial charge in [-0.1, -0.05) is 0 Å². The maximum absolute atomic E-state index is 5.50. The highest BCUT2D eigenvalue weighted by Gasteiger charge is 2.15. The summed E-state index contributed by atoms with van der Waals surface area (Å²) < 4.78 is 7.53. The van der Waals surface area contributed by atoms with Crippen LogP contribution in [0.3, 0.4) is 0 Å². The van der Waals surface area contributed by atoms with Gasteiger partial charge in [0.15, 0.2) is 0 Å². The van der Waals surface area contributed by atoms with Crippen molar-refractivity contribution in [3.8, 4) is 0 Å². The van der Waals surface area contributed by atoms with Crippen molar-refractivity contribution >= 4 is 17.2 Å². The van der Waals surface area contributed by atoms with Crippen molar-refractivity contribution in [3.05, 3.63) is 34.2 Å². The first-order valence-corrected chi connectivity index (χ1v) is 7.54. The molecule has 0 amide bonds.